The normalized spacial score (nSPS) is 18.6. The number of allylic oxidation sites excluding steroid dienone is 5. The Bertz CT molecular complexity index is 776. The molecule has 1 atom stereocenters. The molecule has 0 aromatic heterocycles. The van der Waals surface area contributed by atoms with Crippen molar-refractivity contribution in [3.63, 3.8) is 0 Å². The zero-order valence-electron chi connectivity index (χ0n) is 17.4. The lowest BCUT2D eigenvalue weighted by Gasteiger charge is -2.34. The Labute approximate surface area is 171 Å². The predicted octanol–water partition coefficient (Wildman–Crippen LogP) is 4.34. The molecule has 0 amide bonds. The summed E-state index contributed by atoms with van der Waals surface area (Å²) in [6.45, 7) is 11.6. The first-order chi connectivity index (χ1) is 13.4. The van der Waals surface area contributed by atoms with Gasteiger partial charge in [-0.05, 0) is 62.4 Å². The van der Waals surface area contributed by atoms with Gasteiger partial charge in [0.2, 0.25) is 10.0 Å². The van der Waals surface area contributed by atoms with Crippen LogP contribution < -0.4 is 0 Å². The molecule has 1 aromatic carbocycles. The molecular formula is C23H34N2O2S. The third kappa shape index (κ3) is 6.16. The first-order valence-corrected chi connectivity index (χ1v) is 11.5. The maximum Gasteiger partial charge on any atom is 0.242 e. The minimum Gasteiger partial charge on any atom is -0.303 e. The molecule has 2 rings (SSSR count). The van der Waals surface area contributed by atoms with Crippen molar-refractivity contribution in [3.05, 3.63) is 66.8 Å². The Kier molecular flexibility index (Phi) is 8.67. The largest absolute Gasteiger partial charge is 0.303 e. The molecule has 154 valence electrons. The first-order valence-electron chi connectivity index (χ1n) is 10.1. The fourth-order valence-corrected chi connectivity index (χ4v) is 5.15. The van der Waals surface area contributed by atoms with E-state index in [0.717, 1.165) is 32.5 Å². The third-order valence-electron chi connectivity index (χ3n) is 5.37. The average Bonchev–Trinajstić information content (AvgIpc) is 2.70. The van der Waals surface area contributed by atoms with Crippen molar-refractivity contribution in [1.29, 1.82) is 0 Å². The minimum absolute atomic E-state index is 0.275. The predicted molar refractivity (Wildman–Crippen MR) is 118 cm³/mol. The topological polar surface area (TPSA) is 40.6 Å². The monoisotopic (exact) mass is 402 g/mol. The minimum atomic E-state index is -3.42. The molecule has 0 saturated carbocycles. The van der Waals surface area contributed by atoms with E-state index in [4.69, 9.17) is 0 Å². The van der Waals surface area contributed by atoms with E-state index in [-0.39, 0.29) is 5.92 Å². The molecular weight excluding hydrogens is 368 g/mol. The molecule has 1 aromatic rings. The second kappa shape index (κ2) is 10.7. The molecule has 0 aliphatic carbocycles. The maximum atomic E-state index is 12.7. The van der Waals surface area contributed by atoms with Gasteiger partial charge in [0.1, 0.15) is 0 Å². The van der Waals surface area contributed by atoms with E-state index in [1.54, 1.807) is 31.3 Å². The van der Waals surface area contributed by atoms with Gasteiger partial charge in [0.15, 0.2) is 0 Å². The lowest BCUT2D eigenvalue weighted by atomic mass is 9.88. The van der Waals surface area contributed by atoms with Crippen LogP contribution >= 0.6 is 0 Å². The number of hydrogen-bond donors (Lipinski definition) is 0. The number of likely N-dealkylation sites (tertiary alicyclic amines) is 1. The van der Waals surface area contributed by atoms with E-state index < -0.39 is 10.0 Å². The number of nitrogens with zero attached hydrogens (tertiary/aromatic N) is 2. The highest BCUT2D eigenvalue weighted by molar-refractivity contribution is 7.89. The smallest absolute Gasteiger partial charge is 0.242 e. The summed E-state index contributed by atoms with van der Waals surface area (Å²) in [5, 5.41) is 0. The van der Waals surface area contributed by atoms with Gasteiger partial charge in [-0.1, -0.05) is 56.0 Å². The first kappa shape index (κ1) is 22.6. The summed E-state index contributed by atoms with van der Waals surface area (Å²) in [6, 6.07) is 8.66. The third-order valence-corrected chi connectivity index (χ3v) is 7.20. The summed E-state index contributed by atoms with van der Waals surface area (Å²) in [6.07, 6.45) is 10.5. The molecule has 0 N–H and O–H groups in total. The van der Waals surface area contributed by atoms with Crippen LogP contribution in [0.25, 0.3) is 0 Å². The molecule has 1 fully saturated rings. The van der Waals surface area contributed by atoms with Crippen LogP contribution in [0.4, 0.5) is 0 Å². The van der Waals surface area contributed by atoms with Crippen LogP contribution in [-0.4, -0.2) is 50.8 Å². The Morgan fingerprint density at radius 3 is 2.50 bits per heavy atom. The van der Waals surface area contributed by atoms with Crippen LogP contribution in [0.5, 0.6) is 0 Å². The van der Waals surface area contributed by atoms with Gasteiger partial charge in [-0.15, -0.1) is 0 Å². The highest BCUT2D eigenvalue weighted by atomic mass is 32.2. The van der Waals surface area contributed by atoms with E-state index >= 15 is 0 Å². The highest BCUT2D eigenvalue weighted by Gasteiger charge is 2.25. The number of benzene rings is 1. The maximum absolute atomic E-state index is 12.7. The molecule has 1 aliphatic rings. The molecule has 28 heavy (non-hydrogen) atoms. The molecule has 0 bridgehead atoms. The Morgan fingerprint density at radius 2 is 1.93 bits per heavy atom. The highest BCUT2D eigenvalue weighted by Crippen LogP contribution is 2.26. The summed E-state index contributed by atoms with van der Waals surface area (Å²) in [4.78, 5) is 2.82. The second-order valence-corrected chi connectivity index (χ2v) is 9.72. The van der Waals surface area contributed by atoms with Crippen LogP contribution in [0.2, 0.25) is 0 Å². The van der Waals surface area contributed by atoms with Gasteiger partial charge in [0, 0.05) is 20.1 Å². The Hall–Kier alpha value is -1.69. The summed E-state index contributed by atoms with van der Waals surface area (Å²) in [5.74, 6) is 0.846. The van der Waals surface area contributed by atoms with Crippen molar-refractivity contribution in [2.24, 2.45) is 11.8 Å². The second-order valence-electron chi connectivity index (χ2n) is 7.68. The summed E-state index contributed by atoms with van der Waals surface area (Å²) >= 11 is 0. The Balaban J connectivity index is 1.86. The number of rotatable bonds is 9. The molecule has 1 heterocycles. The van der Waals surface area contributed by atoms with Gasteiger partial charge in [-0.3, -0.25) is 0 Å². The van der Waals surface area contributed by atoms with Gasteiger partial charge >= 0.3 is 0 Å². The van der Waals surface area contributed by atoms with E-state index in [2.05, 4.69) is 30.6 Å². The lowest BCUT2D eigenvalue weighted by molar-refractivity contribution is 0.170. The zero-order chi connectivity index (χ0) is 20.6. The fraction of sp³-hybridized carbons (Fsp3) is 0.478. The lowest BCUT2D eigenvalue weighted by Crippen LogP contribution is -2.40. The molecule has 1 saturated heterocycles. The fourth-order valence-electron chi connectivity index (χ4n) is 3.83. The summed E-state index contributed by atoms with van der Waals surface area (Å²) in [5.41, 5.74) is 1.32. The number of piperidine rings is 1. The molecule has 0 spiro atoms. The molecule has 1 unspecified atom stereocenters. The van der Waals surface area contributed by atoms with E-state index in [1.807, 2.05) is 25.1 Å². The molecule has 5 heteroatoms. The van der Waals surface area contributed by atoms with Gasteiger partial charge in [0.25, 0.3) is 0 Å². The van der Waals surface area contributed by atoms with Gasteiger partial charge in [-0.25, -0.2) is 12.7 Å². The van der Waals surface area contributed by atoms with E-state index in [0.29, 0.717) is 17.4 Å². The van der Waals surface area contributed by atoms with Crippen LogP contribution in [-0.2, 0) is 10.0 Å². The molecule has 1 aliphatic heterocycles. The standard InChI is InChI=1S/C23H34N2O2S/c1-5-7-11-21(6-2)22-14-16-25(17-15-22)19-20(3)18-24(4)28(26,27)23-12-9-8-10-13-23/h5-13,20,22H,2,14-19H2,1,3-4H3/b7-5-,21-11+. The number of hydrogen-bond acceptors (Lipinski definition) is 3. The van der Waals surface area contributed by atoms with Crippen molar-refractivity contribution in [2.45, 2.75) is 31.6 Å². The van der Waals surface area contributed by atoms with Crippen LogP contribution in [0, 0.1) is 11.8 Å². The van der Waals surface area contributed by atoms with Gasteiger partial charge in [-0.2, -0.15) is 0 Å². The molecule has 4 nitrogen and oxygen atoms in total. The zero-order valence-corrected chi connectivity index (χ0v) is 18.2. The SMILES string of the molecule is C=C/C(=C\C=C/C)C1CCN(CC(C)CN(C)S(=O)(=O)c2ccccc2)CC1. The van der Waals surface area contributed by atoms with Crippen molar-refractivity contribution >= 4 is 10.0 Å². The average molecular weight is 403 g/mol. The van der Waals surface area contributed by atoms with Gasteiger partial charge < -0.3 is 4.90 Å². The Morgan fingerprint density at radius 1 is 1.29 bits per heavy atom. The quantitative estimate of drug-likeness (QED) is 0.577. The van der Waals surface area contributed by atoms with Crippen molar-refractivity contribution in [1.82, 2.24) is 9.21 Å². The summed E-state index contributed by atoms with van der Waals surface area (Å²) in [7, 11) is -1.74. The van der Waals surface area contributed by atoms with Crippen LogP contribution in [0.15, 0.2) is 71.7 Å². The van der Waals surface area contributed by atoms with Crippen molar-refractivity contribution in [3.8, 4) is 0 Å². The molecule has 0 radical (unpaired) electrons. The van der Waals surface area contributed by atoms with E-state index in [1.165, 1.54) is 9.88 Å². The number of sulfonamides is 1. The van der Waals surface area contributed by atoms with E-state index in [9.17, 15) is 8.42 Å². The van der Waals surface area contributed by atoms with Crippen LogP contribution in [0.3, 0.4) is 0 Å². The van der Waals surface area contributed by atoms with Crippen molar-refractivity contribution in [2.75, 3.05) is 33.2 Å². The summed E-state index contributed by atoms with van der Waals surface area (Å²) < 4.78 is 26.9. The van der Waals surface area contributed by atoms with Gasteiger partial charge in [0.05, 0.1) is 4.90 Å². The van der Waals surface area contributed by atoms with Crippen molar-refractivity contribution < 1.29 is 8.42 Å². The van der Waals surface area contributed by atoms with Crippen LogP contribution in [0.1, 0.15) is 26.7 Å².